The molecule has 0 spiro atoms. The highest BCUT2D eigenvalue weighted by Gasteiger charge is 2.18. The van der Waals surface area contributed by atoms with Gasteiger partial charge in [0.1, 0.15) is 0 Å². The zero-order valence-corrected chi connectivity index (χ0v) is 12.8. The number of β-amino-alcohol motifs (C(OH)–C–C–N with tert-alkyl or cyclic N) is 1. The third-order valence-corrected chi connectivity index (χ3v) is 4.12. The maximum absolute atomic E-state index is 10.8. The fourth-order valence-electron chi connectivity index (χ4n) is 2.44. The molecule has 1 aliphatic heterocycles. The highest BCUT2D eigenvalue weighted by Crippen LogP contribution is 2.30. The molecule has 1 fully saturated rings. The highest BCUT2D eigenvalue weighted by atomic mass is 79.9. The molecule has 0 saturated carbocycles. The smallest absolute Gasteiger partial charge is 0.270 e. The van der Waals surface area contributed by atoms with Crippen molar-refractivity contribution in [3.05, 3.63) is 32.8 Å². The molecule has 6 nitrogen and oxygen atoms in total. The Labute approximate surface area is 126 Å². The molecule has 1 aliphatic rings. The van der Waals surface area contributed by atoms with Crippen LogP contribution in [0.4, 0.5) is 11.4 Å². The lowest BCUT2D eigenvalue weighted by atomic mass is 10.2. The Kier molecular flexibility index (Phi) is 5.33. The SMILES string of the molecule is O=[N+]([O-])c1ccc(N2CCCN(CCO)CC2)c(Br)c1. The second-order valence-electron chi connectivity index (χ2n) is 4.80. The lowest BCUT2D eigenvalue weighted by molar-refractivity contribution is -0.384. The molecule has 2 rings (SSSR count). The summed E-state index contributed by atoms with van der Waals surface area (Å²) in [6.45, 7) is 4.52. The number of aliphatic hydroxyl groups excluding tert-OH is 1. The van der Waals surface area contributed by atoms with Gasteiger partial charge in [-0.25, -0.2) is 0 Å². The predicted molar refractivity (Wildman–Crippen MR) is 81.2 cm³/mol. The van der Waals surface area contributed by atoms with E-state index in [0.717, 1.165) is 42.8 Å². The zero-order valence-electron chi connectivity index (χ0n) is 11.2. The van der Waals surface area contributed by atoms with Gasteiger partial charge in [-0.1, -0.05) is 0 Å². The van der Waals surface area contributed by atoms with Crippen molar-refractivity contribution in [2.24, 2.45) is 0 Å². The molecule has 0 atom stereocenters. The van der Waals surface area contributed by atoms with Crippen molar-refractivity contribution >= 4 is 27.3 Å². The highest BCUT2D eigenvalue weighted by molar-refractivity contribution is 9.10. The van der Waals surface area contributed by atoms with E-state index in [1.807, 2.05) is 0 Å². The van der Waals surface area contributed by atoms with E-state index in [0.29, 0.717) is 6.54 Å². The predicted octanol–water partition coefficient (Wildman–Crippen LogP) is 1.86. The van der Waals surface area contributed by atoms with Crippen LogP contribution in [0, 0.1) is 10.1 Å². The average molecular weight is 344 g/mol. The van der Waals surface area contributed by atoms with Gasteiger partial charge in [0.15, 0.2) is 0 Å². The normalized spacial score (nSPS) is 17.0. The topological polar surface area (TPSA) is 69.9 Å². The van der Waals surface area contributed by atoms with Crippen LogP contribution >= 0.6 is 15.9 Å². The maximum Gasteiger partial charge on any atom is 0.270 e. The first-order chi connectivity index (χ1) is 9.61. The average Bonchev–Trinajstić information content (AvgIpc) is 2.65. The summed E-state index contributed by atoms with van der Waals surface area (Å²) >= 11 is 3.42. The van der Waals surface area contributed by atoms with Gasteiger partial charge in [-0.3, -0.25) is 15.0 Å². The fourth-order valence-corrected chi connectivity index (χ4v) is 3.06. The van der Waals surface area contributed by atoms with Crippen molar-refractivity contribution in [2.75, 3.05) is 44.2 Å². The van der Waals surface area contributed by atoms with Gasteiger partial charge in [0.2, 0.25) is 0 Å². The van der Waals surface area contributed by atoms with Gasteiger partial charge in [-0.05, 0) is 35.0 Å². The molecule has 1 heterocycles. The summed E-state index contributed by atoms with van der Waals surface area (Å²) in [7, 11) is 0. The lowest BCUT2D eigenvalue weighted by Gasteiger charge is -2.24. The first-order valence-corrected chi connectivity index (χ1v) is 7.43. The number of anilines is 1. The number of nitro groups is 1. The quantitative estimate of drug-likeness (QED) is 0.667. The third-order valence-electron chi connectivity index (χ3n) is 3.49. The molecular weight excluding hydrogens is 326 g/mol. The first kappa shape index (κ1) is 15.2. The van der Waals surface area contributed by atoms with Crippen molar-refractivity contribution < 1.29 is 10.0 Å². The maximum atomic E-state index is 10.8. The molecule has 0 aliphatic carbocycles. The number of halogens is 1. The van der Waals surface area contributed by atoms with Crippen molar-refractivity contribution in [3.63, 3.8) is 0 Å². The minimum absolute atomic E-state index is 0.0948. The summed E-state index contributed by atoms with van der Waals surface area (Å²) in [5.41, 5.74) is 1.08. The Morgan fingerprint density at radius 1 is 1.30 bits per heavy atom. The summed E-state index contributed by atoms with van der Waals surface area (Å²) < 4.78 is 0.752. The van der Waals surface area contributed by atoms with E-state index in [2.05, 4.69) is 25.7 Å². The van der Waals surface area contributed by atoms with Crippen LogP contribution in [0.2, 0.25) is 0 Å². The molecule has 20 heavy (non-hydrogen) atoms. The van der Waals surface area contributed by atoms with E-state index < -0.39 is 0 Å². The van der Waals surface area contributed by atoms with Gasteiger partial charge >= 0.3 is 0 Å². The second kappa shape index (κ2) is 7.01. The number of nitro benzene ring substituents is 1. The Morgan fingerprint density at radius 2 is 2.10 bits per heavy atom. The lowest BCUT2D eigenvalue weighted by Crippen LogP contribution is -2.32. The standard InChI is InChI=1S/C13H18BrN3O3/c14-12-10-11(17(19)20)2-3-13(12)16-5-1-4-15(6-7-16)8-9-18/h2-3,10,18H,1,4-9H2. The first-order valence-electron chi connectivity index (χ1n) is 6.64. The molecule has 0 aromatic heterocycles. The van der Waals surface area contributed by atoms with Crippen LogP contribution < -0.4 is 4.90 Å². The van der Waals surface area contributed by atoms with Crippen LogP contribution in [-0.2, 0) is 0 Å². The molecular formula is C13H18BrN3O3. The molecule has 1 aromatic carbocycles. The molecule has 1 N–H and O–H groups in total. The molecule has 0 radical (unpaired) electrons. The van der Waals surface area contributed by atoms with Gasteiger partial charge in [-0.2, -0.15) is 0 Å². The van der Waals surface area contributed by atoms with E-state index in [4.69, 9.17) is 5.11 Å². The van der Waals surface area contributed by atoms with E-state index >= 15 is 0 Å². The molecule has 7 heteroatoms. The summed E-state index contributed by atoms with van der Waals surface area (Å²) in [5, 5.41) is 19.7. The number of hydrogen-bond acceptors (Lipinski definition) is 5. The van der Waals surface area contributed by atoms with Crippen LogP contribution in [0.5, 0.6) is 0 Å². The Balaban J connectivity index is 2.09. The van der Waals surface area contributed by atoms with E-state index in [9.17, 15) is 10.1 Å². The number of nitrogens with zero attached hydrogens (tertiary/aromatic N) is 3. The van der Waals surface area contributed by atoms with Crippen LogP contribution in [0.25, 0.3) is 0 Å². The molecule has 1 aromatic rings. The van der Waals surface area contributed by atoms with E-state index in [-0.39, 0.29) is 17.2 Å². The number of rotatable bonds is 4. The van der Waals surface area contributed by atoms with Gasteiger partial charge in [0, 0.05) is 42.8 Å². The molecule has 0 amide bonds. The van der Waals surface area contributed by atoms with Gasteiger partial charge in [0.25, 0.3) is 5.69 Å². The number of non-ortho nitro benzene ring substituents is 1. The molecule has 0 bridgehead atoms. The number of benzene rings is 1. The third kappa shape index (κ3) is 3.68. The molecule has 0 unspecified atom stereocenters. The van der Waals surface area contributed by atoms with Gasteiger partial charge in [0.05, 0.1) is 17.2 Å². The molecule has 110 valence electrons. The Hall–Kier alpha value is -1.18. The minimum Gasteiger partial charge on any atom is -0.395 e. The van der Waals surface area contributed by atoms with Crippen molar-refractivity contribution in [3.8, 4) is 0 Å². The minimum atomic E-state index is -0.389. The van der Waals surface area contributed by atoms with Crippen LogP contribution in [0.3, 0.4) is 0 Å². The largest absolute Gasteiger partial charge is 0.395 e. The summed E-state index contributed by atoms with van der Waals surface area (Å²) in [5.74, 6) is 0. The van der Waals surface area contributed by atoms with Crippen LogP contribution in [0.1, 0.15) is 6.42 Å². The van der Waals surface area contributed by atoms with Crippen LogP contribution in [0.15, 0.2) is 22.7 Å². The van der Waals surface area contributed by atoms with Gasteiger partial charge < -0.3 is 10.0 Å². The Morgan fingerprint density at radius 3 is 2.75 bits per heavy atom. The molecule has 1 saturated heterocycles. The van der Waals surface area contributed by atoms with Crippen molar-refractivity contribution in [1.29, 1.82) is 0 Å². The number of hydrogen-bond donors (Lipinski definition) is 1. The monoisotopic (exact) mass is 343 g/mol. The fraction of sp³-hybridized carbons (Fsp3) is 0.538. The van der Waals surface area contributed by atoms with E-state index in [1.54, 1.807) is 12.1 Å². The second-order valence-corrected chi connectivity index (χ2v) is 5.65. The van der Waals surface area contributed by atoms with Crippen LogP contribution in [-0.4, -0.2) is 54.3 Å². The summed E-state index contributed by atoms with van der Waals surface area (Å²) in [6.07, 6.45) is 1.02. The summed E-state index contributed by atoms with van der Waals surface area (Å²) in [6, 6.07) is 4.88. The Bertz CT molecular complexity index is 484. The van der Waals surface area contributed by atoms with E-state index in [1.165, 1.54) is 6.07 Å². The zero-order chi connectivity index (χ0) is 14.5. The summed E-state index contributed by atoms with van der Waals surface area (Å²) in [4.78, 5) is 14.8. The van der Waals surface area contributed by atoms with Crippen molar-refractivity contribution in [2.45, 2.75) is 6.42 Å². The van der Waals surface area contributed by atoms with Gasteiger partial charge in [-0.15, -0.1) is 0 Å². The van der Waals surface area contributed by atoms with Crippen molar-refractivity contribution in [1.82, 2.24) is 4.90 Å². The number of aliphatic hydroxyl groups is 1.